The number of benzene rings is 1. The Morgan fingerprint density at radius 3 is 2.45 bits per heavy atom. The first kappa shape index (κ1) is 15.9. The van der Waals surface area contributed by atoms with Crippen LogP contribution in [0.3, 0.4) is 0 Å². The van der Waals surface area contributed by atoms with Gasteiger partial charge in [-0.1, -0.05) is 62.9 Å². The van der Waals surface area contributed by atoms with Crippen molar-refractivity contribution in [3.63, 3.8) is 0 Å². The summed E-state index contributed by atoms with van der Waals surface area (Å²) in [5.41, 5.74) is 1.34. The zero-order valence-electron chi connectivity index (χ0n) is 12.9. The third-order valence-electron chi connectivity index (χ3n) is 4.44. The second-order valence-electron chi connectivity index (χ2n) is 6.58. The molecular formula is C18H28ClN. The van der Waals surface area contributed by atoms with Crippen LogP contribution in [0.25, 0.3) is 0 Å². The Bertz CT molecular complexity index is 396. The molecule has 20 heavy (non-hydrogen) atoms. The summed E-state index contributed by atoms with van der Waals surface area (Å²) in [4.78, 5) is 0. The Morgan fingerprint density at radius 1 is 1.10 bits per heavy atom. The molecule has 1 atom stereocenters. The molecule has 1 aliphatic rings. The molecule has 1 saturated carbocycles. The first-order valence-electron chi connectivity index (χ1n) is 8.13. The van der Waals surface area contributed by atoms with Crippen LogP contribution in [0.2, 0.25) is 5.02 Å². The Kier molecular flexibility index (Phi) is 6.38. The maximum absolute atomic E-state index is 6.45. The molecule has 1 unspecified atom stereocenters. The number of halogens is 1. The summed E-state index contributed by atoms with van der Waals surface area (Å²) < 4.78 is 0. The van der Waals surface area contributed by atoms with Crippen molar-refractivity contribution >= 4 is 11.6 Å². The molecule has 1 fully saturated rings. The van der Waals surface area contributed by atoms with Crippen LogP contribution < -0.4 is 5.32 Å². The van der Waals surface area contributed by atoms with Gasteiger partial charge in [-0.05, 0) is 42.9 Å². The van der Waals surface area contributed by atoms with Crippen molar-refractivity contribution in [3.8, 4) is 0 Å². The molecule has 1 nitrogen and oxygen atoms in total. The van der Waals surface area contributed by atoms with Gasteiger partial charge in [-0.15, -0.1) is 0 Å². The van der Waals surface area contributed by atoms with Crippen molar-refractivity contribution in [1.82, 2.24) is 5.32 Å². The van der Waals surface area contributed by atoms with E-state index in [0.717, 1.165) is 24.0 Å². The Labute approximate surface area is 129 Å². The maximum atomic E-state index is 6.45. The van der Waals surface area contributed by atoms with Gasteiger partial charge in [0.25, 0.3) is 0 Å². The highest BCUT2D eigenvalue weighted by Gasteiger charge is 2.26. The normalized spacial score (nSPS) is 18.4. The Hall–Kier alpha value is -0.530. The molecule has 2 rings (SSSR count). The monoisotopic (exact) mass is 293 g/mol. The van der Waals surface area contributed by atoms with E-state index in [0.29, 0.717) is 11.8 Å². The lowest BCUT2D eigenvalue weighted by Gasteiger charge is -2.31. The van der Waals surface area contributed by atoms with E-state index in [-0.39, 0.29) is 0 Å². The van der Waals surface area contributed by atoms with Crippen molar-refractivity contribution in [3.05, 3.63) is 34.9 Å². The van der Waals surface area contributed by atoms with E-state index in [1.54, 1.807) is 0 Å². The molecule has 0 saturated heterocycles. The summed E-state index contributed by atoms with van der Waals surface area (Å²) in [6.45, 7) is 6.68. The molecule has 1 aliphatic carbocycles. The van der Waals surface area contributed by atoms with Gasteiger partial charge in [0.1, 0.15) is 0 Å². The Balaban J connectivity index is 2.08. The van der Waals surface area contributed by atoms with Gasteiger partial charge in [0.15, 0.2) is 0 Å². The molecule has 112 valence electrons. The van der Waals surface area contributed by atoms with Crippen LogP contribution >= 0.6 is 11.6 Å². The SMILES string of the molecule is CC(C)CNCC(c1ccccc1Cl)C1CCCCC1. The first-order chi connectivity index (χ1) is 9.68. The number of nitrogens with one attached hydrogen (secondary N) is 1. The van der Waals surface area contributed by atoms with Crippen LogP contribution in [-0.2, 0) is 0 Å². The minimum absolute atomic E-state index is 0.572. The van der Waals surface area contributed by atoms with E-state index in [1.165, 1.54) is 37.7 Å². The van der Waals surface area contributed by atoms with Gasteiger partial charge in [0.2, 0.25) is 0 Å². The van der Waals surface area contributed by atoms with Crippen LogP contribution in [-0.4, -0.2) is 13.1 Å². The van der Waals surface area contributed by atoms with Gasteiger partial charge in [-0.3, -0.25) is 0 Å². The van der Waals surface area contributed by atoms with Crippen molar-refractivity contribution in [2.75, 3.05) is 13.1 Å². The topological polar surface area (TPSA) is 12.0 Å². The second kappa shape index (κ2) is 8.05. The molecule has 1 N–H and O–H groups in total. The number of hydrogen-bond donors (Lipinski definition) is 1. The maximum Gasteiger partial charge on any atom is 0.0441 e. The second-order valence-corrected chi connectivity index (χ2v) is 6.99. The van der Waals surface area contributed by atoms with E-state index < -0.39 is 0 Å². The van der Waals surface area contributed by atoms with Gasteiger partial charge in [-0.25, -0.2) is 0 Å². The van der Waals surface area contributed by atoms with Crippen molar-refractivity contribution in [2.45, 2.75) is 51.9 Å². The summed E-state index contributed by atoms with van der Waals surface area (Å²) in [7, 11) is 0. The highest BCUT2D eigenvalue weighted by atomic mass is 35.5. The molecule has 0 amide bonds. The summed E-state index contributed by atoms with van der Waals surface area (Å²) in [5, 5.41) is 4.59. The summed E-state index contributed by atoms with van der Waals surface area (Å²) in [6.07, 6.45) is 6.90. The summed E-state index contributed by atoms with van der Waals surface area (Å²) in [6, 6.07) is 8.42. The molecule has 0 heterocycles. The lowest BCUT2D eigenvalue weighted by atomic mass is 9.76. The fraction of sp³-hybridized carbons (Fsp3) is 0.667. The zero-order valence-corrected chi connectivity index (χ0v) is 13.6. The lowest BCUT2D eigenvalue weighted by molar-refractivity contribution is 0.295. The standard InChI is InChI=1S/C18H28ClN/c1-14(2)12-20-13-17(15-8-4-3-5-9-15)16-10-6-7-11-18(16)19/h6-7,10-11,14-15,17,20H,3-5,8-9,12-13H2,1-2H3. The molecule has 2 heteroatoms. The third-order valence-corrected chi connectivity index (χ3v) is 4.78. The van der Waals surface area contributed by atoms with E-state index in [4.69, 9.17) is 11.6 Å². The van der Waals surface area contributed by atoms with Gasteiger partial charge in [-0.2, -0.15) is 0 Å². The van der Waals surface area contributed by atoms with Crippen LogP contribution in [0.1, 0.15) is 57.4 Å². The van der Waals surface area contributed by atoms with Crippen LogP contribution in [0.15, 0.2) is 24.3 Å². The molecule has 0 aliphatic heterocycles. The van der Waals surface area contributed by atoms with Gasteiger partial charge in [0.05, 0.1) is 0 Å². The van der Waals surface area contributed by atoms with Crippen LogP contribution in [0.5, 0.6) is 0 Å². The lowest BCUT2D eigenvalue weighted by Crippen LogP contribution is -2.30. The average Bonchev–Trinajstić information content (AvgIpc) is 2.45. The molecule has 1 aromatic rings. The fourth-order valence-corrected chi connectivity index (χ4v) is 3.65. The highest BCUT2D eigenvalue weighted by molar-refractivity contribution is 6.31. The predicted molar refractivity (Wildman–Crippen MR) is 88.5 cm³/mol. The smallest absolute Gasteiger partial charge is 0.0441 e. The van der Waals surface area contributed by atoms with E-state index >= 15 is 0 Å². The largest absolute Gasteiger partial charge is 0.316 e. The predicted octanol–water partition coefficient (Wildman–Crippen LogP) is 5.25. The van der Waals surface area contributed by atoms with Crippen molar-refractivity contribution in [1.29, 1.82) is 0 Å². The molecule has 0 radical (unpaired) electrons. The van der Waals surface area contributed by atoms with Crippen LogP contribution in [0, 0.1) is 11.8 Å². The van der Waals surface area contributed by atoms with E-state index in [2.05, 4.69) is 31.3 Å². The minimum atomic E-state index is 0.572. The highest BCUT2D eigenvalue weighted by Crippen LogP contribution is 2.38. The summed E-state index contributed by atoms with van der Waals surface area (Å²) in [5.74, 6) is 2.07. The minimum Gasteiger partial charge on any atom is -0.316 e. The summed E-state index contributed by atoms with van der Waals surface area (Å²) >= 11 is 6.45. The molecule has 0 aromatic heterocycles. The number of hydrogen-bond acceptors (Lipinski definition) is 1. The van der Waals surface area contributed by atoms with Crippen LogP contribution in [0.4, 0.5) is 0 Å². The van der Waals surface area contributed by atoms with Crippen molar-refractivity contribution < 1.29 is 0 Å². The first-order valence-corrected chi connectivity index (χ1v) is 8.51. The zero-order chi connectivity index (χ0) is 14.4. The van der Waals surface area contributed by atoms with E-state index in [9.17, 15) is 0 Å². The molecular weight excluding hydrogens is 266 g/mol. The molecule has 1 aromatic carbocycles. The van der Waals surface area contributed by atoms with E-state index in [1.807, 2.05) is 12.1 Å². The number of rotatable bonds is 6. The molecule has 0 spiro atoms. The molecule has 0 bridgehead atoms. The van der Waals surface area contributed by atoms with Crippen molar-refractivity contribution in [2.24, 2.45) is 11.8 Å². The van der Waals surface area contributed by atoms with Gasteiger partial charge < -0.3 is 5.32 Å². The average molecular weight is 294 g/mol. The van der Waals surface area contributed by atoms with Gasteiger partial charge >= 0.3 is 0 Å². The quantitative estimate of drug-likeness (QED) is 0.755. The Morgan fingerprint density at radius 2 is 1.80 bits per heavy atom. The fourth-order valence-electron chi connectivity index (χ4n) is 3.37. The van der Waals surface area contributed by atoms with Gasteiger partial charge in [0, 0.05) is 17.5 Å². The third kappa shape index (κ3) is 4.49.